The van der Waals surface area contributed by atoms with Crippen LogP contribution in [-0.2, 0) is 0 Å². The molecule has 5 heteroatoms. The van der Waals surface area contributed by atoms with Gasteiger partial charge in [-0.3, -0.25) is 0 Å². The number of rotatable bonds is 4. The van der Waals surface area contributed by atoms with Crippen molar-refractivity contribution in [2.75, 3.05) is 19.0 Å². The summed E-state index contributed by atoms with van der Waals surface area (Å²) < 4.78 is 5.24. The molecule has 0 fully saturated rings. The highest BCUT2D eigenvalue weighted by molar-refractivity contribution is 5.91. The summed E-state index contributed by atoms with van der Waals surface area (Å²) in [6.07, 6.45) is 4.57. The molecule has 2 atom stereocenters. The molecular weight excluding hydrogens is 256 g/mol. The minimum absolute atomic E-state index is 0.0383. The van der Waals surface area contributed by atoms with E-state index in [1.807, 2.05) is 37.3 Å². The van der Waals surface area contributed by atoms with E-state index in [4.69, 9.17) is 9.84 Å². The molecular formula is C15H20N2O3. The van der Waals surface area contributed by atoms with Gasteiger partial charge >= 0.3 is 6.03 Å². The van der Waals surface area contributed by atoms with Crippen molar-refractivity contribution in [3.05, 3.63) is 35.9 Å². The number of anilines is 1. The van der Waals surface area contributed by atoms with Crippen molar-refractivity contribution < 1.29 is 14.6 Å². The molecule has 0 aromatic heterocycles. The standard InChI is InChI=1S/C15H20N2O3/c1-10-3-6-13(14(7-10)20-2)17-15(19)16-12-5-4-11(8-12)9-18/h3-7,11-12,18H,8-9H2,1-2H3,(H2,16,17,19)/t11-,12+/m0/s1. The van der Waals surface area contributed by atoms with Crippen molar-refractivity contribution in [2.45, 2.75) is 19.4 Å². The van der Waals surface area contributed by atoms with Gasteiger partial charge in [-0.2, -0.15) is 0 Å². The van der Waals surface area contributed by atoms with E-state index in [2.05, 4.69) is 10.6 Å². The number of hydrogen-bond donors (Lipinski definition) is 3. The zero-order valence-electron chi connectivity index (χ0n) is 11.7. The number of aliphatic hydroxyl groups is 1. The quantitative estimate of drug-likeness (QED) is 0.737. The van der Waals surface area contributed by atoms with Crippen LogP contribution >= 0.6 is 0 Å². The summed E-state index contributed by atoms with van der Waals surface area (Å²) in [6.45, 7) is 2.08. The van der Waals surface area contributed by atoms with Gasteiger partial charge in [-0.05, 0) is 31.0 Å². The average Bonchev–Trinajstić information content (AvgIpc) is 2.88. The topological polar surface area (TPSA) is 70.6 Å². The van der Waals surface area contributed by atoms with E-state index >= 15 is 0 Å². The Morgan fingerprint density at radius 1 is 1.45 bits per heavy atom. The highest BCUT2D eigenvalue weighted by Crippen LogP contribution is 2.25. The van der Waals surface area contributed by atoms with Crippen LogP contribution in [0.5, 0.6) is 5.75 Å². The van der Waals surface area contributed by atoms with Crippen molar-refractivity contribution in [3.63, 3.8) is 0 Å². The molecule has 1 aliphatic carbocycles. The highest BCUT2D eigenvalue weighted by Gasteiger charge is 2.20. The molecule has 0 radical (unpaired) electrons. The molecule has 1 aromatic carbocycles. The first-order valence-corrected chi connectivity index (χ1v) is 6.63. The number of carbonyl (C=O) groups excluding carboxylic acids is 1. The Hall–Kier alpha value is -2.01. The fourth-order valence-electron chi connectivity index (χ4n) is 2.25. The molecule has 20 heavy (non-hydrogen) atoms. The maximum atomic E-state index is 11.9. The Morgan fingerprint density at radius 2 is 2.25 bits per heavy atom. The predicted molar refractivity (Wildman–Crippen MR) is 78.0 cm³/mol. The Balaban J connectivity index is 1.94. The van der Waals surface area contributed by atoms with Crippen LogP contribution in [0.2, 0.25) is 0 Å². The highest BCUT2D eigenvalue weighted by atomic mass is 16.5. The van der Waals surface area contributed by atoms with Gasteiger partial charge in [0.2, 0.25) is 0 Å². The van der Waals surface area contributed by atoms with Gasteiger partial charge in [0.25, 0.3) is 0 Å². The van der Waals surface area contributed by atoms with Crippen LogP contribution in [0.4, 0.5) is 10.5 Å². The molecule has 1 aliphatic rings. The molecule has 0 aliphatic heterocycles. The molecule has 2 amide bonds. The fourth-order valence-corrected chi connectivity index (χ4v) is 2.25. The predicted octanol–water partition coefficient (Wildman–Crippen LogP) is 2.06. The van der Waals surface area contributed by atoms with E-state index in [0.29, 0.717) is 11.4 Å². The van der Waals surface area contributed by atoms with Crippen molar-refractivity contribution in [1.82, 2.24) is 5.32 Å². The van der Waals surface area contributed by atoms with Crippen LogP contribution < -0.4 is 15.4 Å². The molecule has 0 heterocycles. The molecule has 108 valence electrons. The minimum atomic E-state index is -0.277. The third kappa shape index (κ3) is 3.51. The van der Waals surface area contributed by atoms with Gasteiger partial charge in [0.05, 0.1) is 12.8 Å². The fraction of sp³-hybridized carbons (Fsp3) is 0.400. The van der Waals surface area contributed by atoms with Crippen LogP contribution in [0, 0.1) is 12.8 Å². The Bertz CT molecular complexity index is 514. The lowest BCUT2D eigenvalue weighted by Crippen LogP contribution is -2.36. The SMILES string of the molecule is COc1cc(C)ccc1NC(=O)N[C@@H]1C=C[C@H](CO)C1. The summed E-state index contributed by atoms with van der Waals surface area (Å²) in [6, 6.07) is 5.28. The van der Waals surface area contributed by atoms with Gasteiger partial charge in [0.15, 0.2) is 0 Å². The molecule has 0 unspecified atom stereocenters. The first kappa shape index (κ1) is 14.4. The molecule has 0 saturated heterocycles. The number of benzene rings is 1. The van der Waals surface area contributed by atoms with Crippen molar-refractivity contribution >= 4 is 11.7 Å². The van der Waals surface area contributed by atoms with E-state index in [-0.39, 0.29) is 24.6 Å². The maximum Gasteiger partial charge on any atom is 0.319 e. The number of carbonyl (C=O) groups is 1. The van der Waals surface area contributed by atoms with Gasteiger partial charge in [-0.15, -0.1) is 0 Å². The van der Waals surface area contributed by atoms with Crippen molar-refractivity contribution in [2.24, 2.45) is 5.92 Å². The summed E-state index contributed by atoms with van der Waals surface area (Å²) in [5.41, 5.74) is 1.70. The average molecular weight is 276 g/mol. The lowest BCUT2D eigenvalue weighted by molar-refractivity contribution is 0.238. The van der Waals surface area contributed by atoms with E-state index in [9.17, 15) is 4.79 Å². The Kier molecular flexibility index (Phi) is 4.63. The third-order valence-electron chi connectivity index (χ3n) is 3.33. The first-order chi connectivity index (χ1) is 9.62. The van der Waals surface area contributed by atoms with E-state index in [1.165, 1.54) is 0 Å². The van der Waals surface area contributed by atoms with E-state index < -0.39 is 0 Å². The molecule has 0 spiro atoms. The van der Waals surface area contributed by atoms with Gasteiger partial charge in [0, 0.05) is 18.6 Å². The molecule has 5 nitrogen and oxygen atoms in total. The first-order valence-electron chi connectivity index (χ1n) is 6.63. The van der Waals surface area contributed by atoms with Crippen molar-refractivity contribution in [3.8, 4) is 5.75 Å². The number of aryl methyl sites for hydroxylation is 1. The number of nitrogens with one attached hydrogen (secondary N) is 2. The number of amides is 2. The van der Waals surface area contributed by atoms with Gasteiger partial charge in [0.1, 0.15) is 5.75 Å². The number of methoxy groups -OCH3 is 1. The largest absolute Gasteiger partial charge is 0.495 e. The second-order valence-electron chi connectivity index (χ2n) is 4.97. The maximum absolute atomic E-state index is 11.9. The summed E-state index contributed by atoms with van der Waals surface area (Å²) >= 11 is 0. The number of aliphatic hydroxyl groups excluding tert-OH is 1. The number of hydrogen-bond acceptors (Lipinski definition) is 3. The summed E-state index contributed by atoms with van der Waals surface area (Å²) in [4.78, 5) is 11.9. The third-order valence-corrected chi connectivity index (χ3v) is 3.33. The van der Waals surface area contributed by atoms with Crippen LogP contribution in [0.3, 0.4) is 0 Å². The van der Waals surface area contributed by atoms with Gasteiger partial charge < -0.3 is 20.5 Å². The summed E-state index contributed by atoms with van der Waals surface area (Å²) in [5.74, 6) is 0.768. The summed E-state index contributed by atoms with van der Waals surface area (Å²) in [7, 11) is 1.57. The lowest BCUT2D eigenvalue weighted by Gasteiger charge is -2.15. The molecule has 2 rings (SSSR count). The van der Waals surface area contributed by atoms with Gasteiger partial charge in [-0.1, -0.05) is 18.2 Å². The van der Waals surface area contributed by atoms with Crippen LogP contribution in [0.25, 0.3) is 0 Å². The monoisotopic (exact) mass is 276 g/mol. The zero-order valence-corrected chi connectivity index (χ0v) is 11.7. The molecule has 0 bridgehead atoms. The van der Waals surface area contributed by atoms with E-state index in [1.54, 1.807) is 7.11 Å². The summed E-state index contributed by atoms with van der Waals surface area (Å²) in [5, 5.41) is 14.7. The molecule has 1 aromatic rings. The van der Waals surface area contributed by atoms with Crippen molar-refractivity contribution in [1.29, 1.82) is 0 Å². The van der Waals surface area contributed by atoms with Crippen LogP contribution in [-0.4, -0.2) is 30.9 Å². The Morgan fingerprint density at radius 3 is 2.90 bits per heavy atom. The molecule has 3 N–H and O–H groups in total. The number of urea groups is 1. The van der Waals surface area contributed by atoms with Crippen LogP contribution in [0.1, 0.15) is 12.0 Å². The zero-order chi connectivity index (χ0) is 14.5. The van der Waals surface area contributed by atoms with E-state index in [0.717, 1.165) is 12.0 Å². The second kappa shape index (κ2) is 6.43. The minimum Gasteiger partial charge on any atom is -0.495 e. The normalized spacial score (nSPS) is 20.8. The van der Waals surface area contributed by atoms with Gasteiger partial charge in [-0.25, -0.2) is 4.79 Å². The molecule has 0 saturated carbocycles. The van der Waals surface area contributed by atoms with Crippen LogP contribution in [0.15, 0.2) is 30.4 Å². The Labute approximate surface area is 118 Å². The number of ether oxygens (including phenoxy) is 1. The smallest absolute Gasteiger partial charge is 0.319 e. The second-order valence-corrected chi connectivity index (χ2v) is 4.97. The lowest BCUT2D eigenvalue weighted by atomic mass is 10.1.